The standard InChI is InChI=1S/C20H24N4O2/c1-6-14-10-15(8-12(3)17(14)25)18-22-20(26-23-18)16-9-13(4)19(21-11-16)24(5)7-2/h8-11,25H,6-7H2,1-5H3. The average molecular weight is 352 g/mol. The molecule has 2 aromatic heterocycles. The molecule has 0 aliphatic rings. The number of aryl methyl sites for hydroxylation is 3. The quantitative estimate of drug-likeness (QED) is 0.744. The summed E-state index contributed by atoms with van der Waals surface area (Å²) in [6, 6.07) is 5.77. The Labute approximate surface area is 153 Å². The predicted molar refractivity (Wildman–Crippen MR) is 102 cm³/mol. The van der Waals surface area contributed by atoms with Gasteiger partial charge >= 0.3 is 0 Å². The number of phenols is 1. The Morgan fingerprint density at radius 3 is 2.46 bits per heavy atom. The number of aromatic nitrogens is 3. The highest BCUT2D eigenvalue weighted by Crippen LogP contribution is 2.30. The summed E-state index contributed by atoms with van der Waals surface area (Å²) in [5, 5.41) is 14.2. The average Bonchev–Trinajstić information content (AvgIpc) is 3.13. The minimum atomic E-state index is 0.329. The lowest BCUT2D eigenvalue weighted by Crippen LogP contribution is -2.18. The number of nitrogens with zero attached hydrogens (tertiary/aromatic N) is 4. The smallest absolute Gasteiger partial charge is 0.259 e. The first-order valence-corrected chi connectivity index (χ1v) is 8.79. The van der Waals surface area contributed by atoms with E-state index in [-0.39, 0.29) is 0 Å². The van der Waals surface area contributed by atoms with Crippen LogP contribution < -0.4 is 4.90 Å². The fourth-order valence-corrected chi connectivity index (χ4v) is 2.94. The molecule has 3 rings (SSSR count). The van der Waals surface area contributed by atoms with Gasteiger partial charge in [-0.3, -0.25) is 0 Å². The van der Waals surface area contributed by atoms with Crippen LogP contribution in [0.25, 0.3) is 22.8 Å². The Kier molecular flexibility index (Phi) is 4.93. The van der Waals surface area contributed by atoms with E-state index < -0.39 is 0 Å². The zero-order valence-electron chi connectivity index (χ0n) is 15.9. The zero-order valence-corrected chi connectivity index (χ0v) is 15.9. The molecule has 0 amide bonds. The molecule has 0 spiro atoms. The molecule has 0 radical (unpaired) electrons. The molecule has 26 heavy (non-hydrogen) atoms. The first kappa shape index (κ1) is 17.9. The molecule has 6 nitrogen and oxygen atoms in total. The van der Waals surface area contributed by atoms with Crippen molar-refractivity contribution in [2.45, 2.75) is 34.1 Å². The Hall–Kier alpha value is -2.89. The van der Waals surface area contributed by atoms with Crippen molar-refractivity contribution in [3.05, 3.63) is 41.1 Å². The number of aromatic hydroxyl groups is 1. The van der Waals surface area contributed by atoms with Crippen molar-refractivity contribution < 1.29 is 9.63 Å². The third-order valence-electron chi connectivity index (χ3n) is 4.58. The van der Waals surface area contributed by atoms with Gasteiger partial charge in [0.1, 0.15) is 11.6 Å². The molecule has 2 heterocycles. The highest BCUT2D eigenvalue weighted by Gasteiger charge is 2.15. The lowest BCUT2D eigenvalue weighted by Gasteiger charge is -2.17. The molecule has 0 unspecified atom stereocenters. The van der Waals surface area contributed by atoms with E-state index in [9.17, 15) is 5.11 Å². The summed E-state index contributed by atoms with van der Waals surface area (Å²) >= 11 is 0. The van der Waals surface area contributed by atoms with Crippen LogP contribution in [0.3, 0.4) is 0 Å². The number of hydrogen-bond donors (Lipinski definition) is 1. The van der Waals surface area contributed by atoms with Crippen LogP contribution in [-0.4, -0.2) is 33.8 Å². The van der Waals surface area contributed by atoms with Crippen LogP contribution in [0.1, 0.15) is 30.5 Å². The van der Waals surface area contributed by atoms with Gasteiger partial charge in [-0.1, -0.05) is 12.1 Å². The number of anilines is 1. The fraction of sp³-hybridized carbons (Fsp3) is 0.350. The molecule has 0 aliphatic carbocycles. The summed E-state index contributed by atoms with van der Waals surface area (Å²) in [5.41, 5.74) is 4.35. The maximum atomic E-state index is 10.1. The van der Waals surface area contributed by atoms with Gasteiger partial charge in [-0.15, -0.1) is 0 Å². The molecule has 3 aromatic rings. The van der Waals surface area contributed by atoms with Crippen molar-refractivity contribution in [2.75, 3.05) is 18.5 Å². The molecule has 0 atom stereocenters. The van der Waals surface area contributed by atoms with E-state index >= 15 is 0 Å². The minimum Gasteiger partial charge on any atom is -0.507 e. The van der Waals surface area contributed by atoms with Crippen LogP contribution in [0.4, 0.5) is 5.82 Å². The SMILES string of the molecule is CCc1cc(-c2noc(-c3cnc(N(C)CC)c(C)c3)n2)cc(C)c1O. The maximum Gasteiger partial charge on any atom is 0.259 e. The third-order valence-corrected chi connectivity index (χ3v) is 4.58. The third kappa shape index (κ3) is 3.27. The summed E-state index contributed by atoms with van der Waals surface area (Å²) in [5.74, 6) is 2.21. The topological polar surface area (TPSA) is 75.3 Å². The number of phenolic OH excluding ortho intramolecular Hbond substituents is 1. The van der Waals surface area contributed by atoms with Crippen molar-refractivity contribution >= 4 is 5.82 Å². The van der Waals surface area contributed by atoms with Gasteiger partial charge in [0, 0.05) is 25.4 Å². The van der Waals surface area contributed by atoms with Gasteiger partial charge < -0.3 is 14.5 Å². The first-order chi connectivity index (χ1) is 12.4. The van der Waals surface area contributed by atoms with Crippen LogP contribution in [0.5, 0.6) is 5.75 Å². The molecule has 0 bridgehead atoms. The van der Waals surface area contributed by atoms with E-state index in [1.807, 2.05) is 46.0 Å². The lowest BCUT2D eigenvalue weighted by molar-refractivity contribution is 0.432. The fourth-order valence-electron chi connectivity index (χ4n) is 2.94. The summed E-state index contributed by atoms with van der Waals surface area (Å²) in [6.07, 6.45) is 2.49. The van der Waals surface area contributed by atoms with Gasteiger partial charge in [0.05, 0.1) is 5.56 Å². The largest absolute Gasteiger partial charge is 0.507 e. The predicted octanol–water partition coefficient (Wildman–Crippen LogP) is 4.14. The summed E-state index contributed by atoms with van der Waals surface area (Å²) in [4.78, 5) is 11.1. The second kappa shape index (κ2) is 7.15. The van der Waals surface area contributed by atoms with E-state index in [1.165, 1.54) is 0 Å². The first-order valence-electron chi connectivity index (χ1n) is 8.79. The molecule has 1 N–H and O–H groups in total. The van der Waals surface area contributed by atoms with Gasteiger partial charge in [0.2, 0.25) is 5.82 Å². The van der Waals surface area contributed by atoms with Crippen molar-refractivity contribution in [3.63, 3.8) is 0 Å². The van der Waals surface area contributed by atoms with Gasteiger partial charge in [-0.2, -0.15) is 4.98 Å². The van der Waals surface area contributed by atoms with E-state index in [2.05, 4.69) is 26.9 Å². The Bertz CT molecular complexity index is 934. The minimum absolute atomic E-state index is 0.329. The molecule has 1 aromatic carbocycles. The summed E-state index contributed by atoms with van der Waals surface area (Å²) in [7, 11) is 2.01. The molecule has 0 saturated heterocycles. The molecule has 0 saturated carbocycles. The number of rotatable bonds is 5. The van der Waals surface area contributed by atoms with Crippen LogP contribution in [0.15, 0.2) is 28.9 Å². The van der Waals surface area contributed by atoms with E-state index in [0.717, 1.165) is 46.6 Å². The van der Waals surface area contributed by atoms with Crippen molar-refractivity contribution in [1.82, 2.24) is 15.1 Å². The highest BCUT2D eigenvalue weighted by atomic mass is 16.5. The van der Waals surface area contributed by atoms with Crippen molar-refractivity contribution in [3.8, 4) is 28.6 Å². The molecular weight excluding hydrogens is 328 g/mol. The number of benzene rings is 1. The Morgan fingerprint density at radius 1 is 1.08 bits per heavy atom. The summed E-state index contributed by atoms with van der Waals surface area (Å²) in [6.45, 7) is 8.87. The maximum absolute atomic E-state index is 10.1. The Balaban J connectivity index is 1.96. The molecule has 0 fully saturated rings. The van der Waals surface area contributed by atoms with Crippen molar-refractivity contribution in [1.29, 1.82) is 0 Å². The molecule has 0 aliphatic heterocycles. The molecule has 6 heteroatoms. The van der Waals surface area contributed by atoms with Crippen LogP contribution in [-0.2, 0) is 6.42 Å². The van der Waals surface area contributed by atoms with Gasteiger partial charge in [0.25, 0.3) is 5.89 Å². The Morgan fingerprint density at radius 2 is 1.81 bits per heavy atom. The monoisotopic (exact) mass is 352 g/mol. The van der Waals surface area contributed by atoms with Crippen LogP contribution >= 0.6 is 0 Å². The van der Waals surface area contributed by atoms with Crippen LogP contribution in [0, 0.1) is 13.8 Å². The van der Waals surface area contributed by atoms with E-state index in [1.54, 1.807) is 6.20 Å². The summed E-state index contributed by atoms with van der Waals surface area (Å²) < 4.78 is 5.45. The highest BCUT2D eigenvalue weighted by molar-refractivity contribution is 5.64. The van der Waals surface area contributed by atoms with Gasteiger partial charge in [-0.25, -0.2) is 4.98 Å². The second-order valence-corrected chi connectivity index (χ2v) is 6.46. The second-order valence-electron chi connectivity index (χ2n) is 6.46. The normalized spacial score (nSPS) is 11.0. The molecule has 136 valence electrons. The van der Waals surface area contributed by atoms with Gasteiger partial charge in [0.15, 0.2) is 0 Å². The van der Waals surface area contributed by atoms with E-state index in [4.69, 9.17) is 4.52 Å². The number of hydrogen-bond acceptors (Lipinski definition) is 6. The van der Waals surface area contributed by atoms with E-state index in [0.29, 0.717) is 17.5 Å². The number of pyridine rings is 1. The van der Waals surface area contributed by atoms with Gasteiger partial charge in [-0.05, 0) is 62.1 Å². The molecular formula is C20H24N4O2. The van der Waals surface area contributed by atoms with Crippen molar-refractivity contribution in [2.24, 2.45) is 0 Å². The lowest BCUT2D eigenvalue weighted by atomic mass is 10.0. The zero-order chi connectivity index (χ0) is 18.8. The van der Waals surface area contributed by atoms with Crippen LogP contribution in [0.2, 0.25) is 0 Å².